The molecule has 19 heavy (non-hydrogen) atoms. The first-order valence-electron chi connectivity index (χ1n) is 6.76. The van der Waals surface area contributed by atoms with Crippen LogP contribution in [0, 0.1) is 5.92 Å². The van der Waals surface area contributed by atoms with Crippen molar-refractivity contribution in [2.75, 3.05) is 13.7 Å². The van der Waals surface area contributed by atoms with Crippen LogP contribution in [0.2, 0.25) is 0 Å². The van der Waals surface area contributed by atoms with Crippen LogP contribution in [0.15, 0.2) is 24.3 Å². The van der Waals surface area contributed by atoms with Crippen LogP contribution in [0.5, 0.6) is 0 Å². The Morgan fingerprint density at radius 2 is 2.11 bits per heavy atom. The van der Waals surface area contributed by atoms with Gasteiger partial charge in [-0.1, -0.05) is 18.6 Å². The van der Waals surface area contributed by atoms with Crippen LogP contribution in [-0.4, -0.2) is 30.8 Å². The topological polar surface area (TPSA) is 58.6 Å². The summed E-state index contributed by atoms with van der Waals surface area (Å²) < 4.78 is 4.66. The Hall–Kier alpha value is -1.39. The van der Waals surface area contributed by atoms with Crippen LogP contribution in [0.4, 0.5) is 0 Å². The van der Waals surface area contributed by atoms with E-state index in [0.717, 1.165) is 24.9 Å². The molecular weight excluding hydrogens is 242 g/mol. The van der Waals surface area contributed by atoms with E-state index in [4.69, 9.17) is 0 Å². The van der Waals surface area contributed by atoms with E-state index >= 15 is 0 Å². The fraction of sp³-hybridized carbons (Fsp3) is 0.533. The van der Waals surface area contributed by atoms with Gasteiger partial charge in [-0.25, -0.2) is 4.79 Å². The molecule has 0 heterocycles. The van der Waals surface area contributed by atoms with Crippen molar-refractivity contribution in [1.82, 2.24) is 5.32 Å². The Kier molecular flexibility index (Phi) is 4.93. The van der Waals surface area contributed by atoms with E-state index in [1.165, 1.54) is 13.5 Å². The molecule has 0 spiro atoms. The standard InChI is InChI=1S/C15H21NO3/c1-19-15(18)12-7-5-11(6-8-12)9-16-14-4-2-3-13(14)10-17/h5-8,13-14,16-17H,2-4,9-10H2,1H3/t13-,14-/m1/s1. The molecule has 1 aliphatic carbocycles. The first kappa shape index (κ1) is 14.0. The van der Waals surface area contributed by atoms with Gasteiger partial charge < -0.3 is 15.2 Å². The predicted molar refractivity (Wildman–Crippen MR) is 72.8 cm³/mol. The summed E-state index contributed by atoms with van der Waals surface area (Å²) in [6, 6.07) is 7.83. The molecule has 4 nitrogen and oxygen atoms in total. The number of hydrogen-bond acceptors (Lipinski definition) is 4. The molecule has 0 amide bonds. The number of hydrogen-bond donors (Lipinski definition) is 2. The minimum Gasteiger partial charge on any atom is -0.465 e. The number of carbonyl (C=O) groups is 1. The maximum Gasteiger partial charge on any atom is 0.337 e. The quantitative estimate of drug-likeness (QED) is 0.794. The van der Waals surface area contributed by atoms with Crippen molar-refractivity contribution in [2.24, 2.45) is 5.92 Å². The lowest BCUT2D eigenvalue weighted by Gasteiger charge is -2.19. The summed E-state index contributed by atoms with van der Waals surface area (Å²) in [5.74, 6) is 0.0741. The summed E-state index contributed by atoms with van der Waals surface area (Å²) in [6.45, 7) is 1.03. The van der Waals surface area contributed by atoms with Gasteiger partial charge >= 0.3 is 5.97 Å². The fourth-order valence-corrected chi connectivity index (χ4v) is 2.65. The average molecular weight is 263 g/mol. The SMILES string of the molecule is COC(=O)c1ccc(CN[C@@H]2CCC[C@@H]2CO)cc1. The number of benzene rings is 1. The maximum absolute atomic E-state index is 11.3. The first-order chi connectivity index (χ1) is 9.24. The average Bonchev–Trinajstić information content (AvgIpc) is 2.92. The zero-order valence-corrected chi connectivity index (χ0v) is 11.3. The van der Waals surface area contributed by atoms with Gasteiger partial charge in [-0.3, -0.25) is 0 Å². The molecule has 2 rings (SSSR count). The monoisotopic (exact) mass is 263 g/mol. The lowest BCUT2D eigenvalue weighted by atomic mass is 10.0. The molecule has 0 aromatic heterocycles. The summed E-state index contributed by atoms with van der Waals surface area (Å²) in [5, 5.41) is 12.8. The van der Waals surface area contributed by atoms with Crippen LogP contribution < -0.4 is 5.32 Å². The lowest BCUT2D eigenvalue weighted by Crippen LogP contribution is -2.33. The summed E-state index contributed by atoms with van der Waals surface area (Å²) >= 11 is 0. The third-order valence-electron chi connectivity index (χ3n) is 3.84. The molecule has 2 N–H and O–H groups in total. The Balaban J connectivity index is 1.88. The molecule has 1 aliphatic rings. The molecule has 104 valence electrons. The Labute approximate surface area is 113 Å². The Bertz CT molecular complexity index is 416. The van der Waals surface area contributed by atoms with E-state index in [9.17, 15) is 9.90 Å². The minimum absolute atomic E-state index is 0.263. The zero-order chi connectivity index (χ0) is 13.7. The van der Waals surface area contributed by atoms with Crippen LogP contribution in [0.3, 0.4) is 0 Å². The molecule has 0 saturated heterocycles. The van der Waals surface area contributed by atoms with Gasteiger partial charge in [-0.05, 0) is 36.5 Å². The summed E-state index contributed by atoms with van der Waals surface area (Å²) in [4.78, 5) is 11.3. The van der Waals surface area contributed by atoms with Crippen molar-refractivity contribution < 1.29 is 14.6 Å². The van der Waals surface area contributed by atoms with Crippen LogP contribution in [0.25, 0.3) is 0 Å². The summed E-state index contributed by atoms with van der Waals surface area (Å²) in [5.41, 5.74) is 1.71. The highest BCUT2D eigenvalue weighted by Gasteiger charge is 2.25. The fourth-order valence-electron chi connectivity index (χ4n) is 2.65. The van der Waals surface area contributed by atoms with Gasteiger partial charge in [-0.15, -0.1) is 0 Å². The predicted octanol–water partition coefficient (Wildman–Crippen LogP) is 1.72. The van der Waals surface area contributed by atoms with E-state index in [2.05, 4.69) is 10.1 Å². The van der Waals surface area contributed by atoms with Gasteiger partial charge in [0.2, 0.25) is 0 Å². The van der Waals surface area contributed by atoms with Crippen molar-refractivity contribution in [3.63, 3.8) is 0 Å². The number of aliphatic hydroxyl groups excluding tert-OH is 1. The van der Waals surface area contributed by atoms with Crippen molar-refractivity contribution >= 4 is 5.97 Å². The highest BCUT2D eigenvalue weighted by atomic mass is 16.5. The van der Waals surface area contributed by atoms with Gasteiger partial charge in [-0.2, -0.15) is 0 Å². The van der Waals surface area contributed by atoms with E-state index < -0.39 is 0 Å². The smallest absolute Gasteiger partial charge is 0.337 e. The second-order valence-corrected chi connectivity index (χ2v) is 5.05. The first-order valence-corrected chi connectivity index (χ1v) is 6.76. The number of ether oxygens (including phenoxy) is 1. The number of methoxy groups -OCH3 is 1. The molecule has 0 aliphatic heterocycles. The second-order valence-electron chi connectivity index (χ2n) is 5.05. The Morgan fingerprint density at radius 3 is 2.74 bits per heavy atom. The summed E-state index contributed by atoms with van der Waals surface area (Å²) in [6.07, 6.45) is 3.42. The molecule has 1 saturated carbocycles. The van der Waals surface area contributed by atoms with E-state index in [1.807, 2.05) is 12.1 Å². The van der Waals surface area contributed by atoms with Crippen molar-refractivity contribution in [3.8, 4) is 0 Å². The van der Waals surface area contributed by atoms with Crippen LogP contribution in [0.1, 0.15) is 35.2 Å². The van der Waals surface area contributed by atoms with E-state index in [0.29, 0.717) is 17.5 Å². The largest absolute Gasteiger partial charge is 0.465 e. The van der Waals surface area contributed by atoms with Gasteiger partial charge in [0.1, 0.15) is 0 Å². The zero-order valence-electron chi connectivity index (χ0n) is 11.3. The third kappa shape index (κ3) is 3.55. The number of esters is 1. The molecule has 1 aromatic carbocycles. The van der Waals surface area contributed by atoms with E-state index in [1.54, 1.807) is 12.1 Å². The second kappa shape index (κ2) is 6.68. The van der Waals surface area contributed by atoms with Gasteiger partial charge in [0.05, 0.1) is 12.7 Å². The van der Waals surface area contributed by atoms with Crippen LogP contribution >= 0.6 is 0 Å². The van der Waals surface area contributed by atoms with Gasteiger partial charge in [0, 0.05) is 19.2 Å². The molecular formula is C15H21NO3. The molecule has 2 atom stereocenters. The molecule has 1 aromatic rings. The molecule has 4 heteroatoms. The molecule has 0 radical (unpaired) electrons. The van der Waals surface area contributed by atoms with Crippen LogP contribution in [-0.2, 0) is 11.3 Å². The molecule has 0 bridgehead atoms. The number of rotatable bonds is 5. The Morgan fingerprint density at radius 1 is 1.37 bits per heavy atom. The van der Waals surface area contributed by atoms with Crippen molar-refractivity contribution in [3.05, 3.63) is 35.4 Å². The highest BCUT2D eigenvalue weighted by molar-refractivity contribution is 5.89. The molecule has 0 unspecified atom stereocenters. The number of nitrogens with one attached hydrogen (secondary N) is 1. The highest BCUT2D eigenvalue weighted by Crippen LogP contribution is 2.25. The normalized spacial score (nSPS) is 22.4. The van der Waals surface area contributed by atoms with Gasteiger partial charge in [0.15, 0.2) is 0 Å². The van der Waals surface area contributed by atoms with Crippen molar-refractivity contribution in [1.29, 1.82) is 0 Å². The third-order valence-corrected chi connectivity index (χ3v) is 3.84. The maximum atomic E-state index is 11.3. The summed E-state index contributed by atoms with van der Waals surface area (Å²) in [7, 11) is 1.38. The number of aliphatic hydroxyl groups is 1. The lowest BCUT2D eigenvalue weighted by molar-refractivity contribution is 0.0600. The van der Waals surface area contributed by atoms with Crippen molar-refractivity contribution in [2.45, 2.75) is 31.8 Å². The molecule has 1 fully saturated rings. The van der Waals surface area contributed by atoms with Gasteiger partial charge in [0.25, 0.3) is 0 Å². The van der Waals surface area contributed by atoms with E-state index in [-0.39, 0.29) is 12.6 Å². The number of carbonyl (C=O) groups excluding carboxylic acids is 1. The minimum atomic E-state index is -0.310.